The van der Waals surface area contributed by atoms with E-state index in [0.29, 0.717) is 12.2 Å². The molecule has 0 bridgehead atoms. The Hall–Kier alpha value is -0.460. The lowest BCUT2D eigenvalue weighted by molar-refractivity contribution is 0.355. The van der Waals surface area contributed by atoms with E-state index in [9.17, 15) is 4.79 Å². The first kappa shape index (κ1) is 7.64. The first-order chi connectivity index (χ1) is 4.77. The minimum absolute atomic E-state index is 0.160. The molecule has 0 aliphatic carbocycles. The smallest absolute Gasteiger partial charge is 0.392 e. The van der Waals surface area contributed by atoms with E-state index in [2.05, 4.69) is 11.9 Å². The average Bonchev–Trinajstić information content (AvgIpc) is 2.30. The standard InChI is InChI=1S/C5H5IO4/c1-2-3-4(10-6)9-5(7)8-3/h2H2,1H3. The Morgan fingerprint density at radius 1 is 1.60 bits per heavy atom. The Labute approximate surface area is 70.8 Å². The van der Waals surface area contributed by atoms with Crippen LogP contribution in [0, 0.1) is 0 Å². The lowest BCUT2D eigenvalue weighted by Crippen LogP contribution is -1.85. The highest BCUT2D eigenvalue weighted by molar-refractivity contribution is 14.1. The molecular formula is C5H5IO4. The maximum Gasteiger partial charge on any atom is 0.521 e. The van der Waals surface area contributed by atoms with Crippen molar-refractivity contribution in [2.75, 3.05) is 0 Å². The predicted molar refractivity (Wildman–Crippen MR) is 41.3 cm³/mol. The minimum atomic E-state index is -0.719. The van der Waals surface area contributed by atoms with Crippen molar-refractivity contribution < 1.29 is 11.9 Å². The summed E-state index contributed by atoms with van der Waals surface area (Å²) >= 11 is 1.62. The van der Waals surface area contributed by atoms with Gasteiger partial charge in [0.25, 0.3) is 0 Å². The zero-order valence-corrected chi connectivity index (χ0v) is 7.38. The third-order valence-electron chi connectivity index (χ3n) is 1.00. The van der Waals surface area contributed by atoms with Gasteiger partial charge in [-0.3, -0.25) is 0 Å². The molecule has 0 atom stereocenters. The van der Waals surface area contributed by atoms with Gasteiger partial charge in [0.1, 0.15) is 0 Å². The summed E-state index contributed by atoms with van der Waals surface area (Å²) in [5.41, 5.74) is 0. The zero-order chi connectivity index (χ0) is 7.56. The van der Waals surface area contributed by atoms with Gasteiger partial charge in [-0.25, -0.2) is 4.79 Å². The van der Waals surface area contributed by atoms with Crippen LogP contribution in [0.25, 0.3) is 0 Å². The van der Waals surface area contributed by atoms with E-state index >= 15 is 0 Å². The fourth-order valence-corrected chi connectivity index (χ4v) is 0.906. The molecule has 0 aromatic carbocycles. The minimum Gasteiger partial charge on any atom is -0.392 e. The second-order valence-electron chi connectivity index (χ2n) is 1.60. The van der Waals surface area contributed by atoms with Gasteiger partial charge in [0.05, 0.1) is 0 Å². The Morgan fingerprint density at radius 3 is 2.70 bits per heavy atom. The van der Waals surface area contributed by atoms with Gasteiger partial charge >= 0.3 is 11.8 Å². The molecule has 10 heavy (non-hydrogen) atoms. The average molecular weight is 256 g/mol. The highest BCUT2D eigenvalue weighted by Crippen LogP contribution is 2.18. The first-order valence-corrected chi connectivity index (χ1v) is 3.57. The van der Waals surface area contributed by atoms with Crippen LogP contribution in [0.2, 0.25) is 0 Å². The first-order valence-electron chi connectivity index (χ1n) is 2.69. The maximum atomic E-state index is 10.4. The summed E-state index contributed by atoms with van der Waals surface area (Å²) in [6, 6.07) is 0. The molecule has 0 aliphatic heterocycles. The summed E-state index contributed by atoms with van der Waals surface area (Å²) in [4.78, 5) is 10.4. The summed E-state index contributed by atoms with van der Waals surface area (Å²) in [6.45, 7) is 1.84. The van der Waals surface area contributed by atoms with Crippen molar-refractivity contribution in [3.63, 3.8) is 0 Å². The lowest BCUT2D eigenvalue weighted by Gasteiger charge is -1.87. The van der Waals surface area contributed by atoms with Crippen LogP contribution < -0.4 is 8.89 Å². The van der Waals surface area contributed by atoms with E-state index in [4.69, 9.17) is 0 Å². The quantitative estimate of drug-likeness (QED) is 0.753. The topological polar surface area (TPSA) is 52.6 Å². The molecule has 56 valence electrons. The SMILES string of the molecule is CCc1oc(=O)oc1OI. The van der Waals surface area contributed by atoms with E-state index in [0.717, 1.165) is 0 Å². The fraction of sp³-hybridized carbons (Fsp3) is 0.400. The normalized spacial score (nSPS) is 9.80. The van der Waals surface area contributed by atoms with E-state index in [-0.39, 0.29) is 5.95 Å². The largest absolute Gasteiger partial charge is 0.521 e. The second kappa shape index (κ2) is 3.09. The van der Waals surface area contributed by atoms with Crippen molar-refractivity contribution >= 4 is 23.0 Å². The highest BCUT2D eigenvalue weighted by atomic mass is 127. The van der Waals surface area contributed by atoms with E-state index < -0.39 is 5.82 Å². The third kappa shape index (κ3) is 1.34. The van der Waals surface area contributed by atoms with Crippen molar-refractivity contribution in [3.8, 4) is 5.95 Å². The Morgan fingerprint density at radius 2 is 2.30 bits per heavy atom. The molecule has 1 aromatic rings. The number of rotatable bonds is 2. The van der Waals surface area contributed by atoms with Crippen LogP contribution in [0.15, 0.2) is 13.6 Å². The molecule has 0 unspecified atom stereocenters. The van der Waals surface area contributed by atoms with Crippen LogP contribution in [-0.2, 0) is 6.42 Å². The van der Waals surface area contributed by atoms with Crippen LogP contribution in [0.5, 0.6) is 5.95 Å². The predicted octanol–water partition coefficient (Wildman–Crippen LogP) is 1.52. The molecule has 1 rings (SSSR count). The zero-order valence-electron chi connectivity index (χ0n) is 5.22. The van der Waals surface area contributed by atoms with Gasteiger partial charge < -0.3 is 11.9 Å². The molecule has 0 saturated carbocycles. The van der Waals surface area contributed by atoms with Gasteiger partial charge in [0.15, 0.2) is 28.8 Å². The monoisotopic (exact) mass is 256 g/mol. The summed E-state index contributed by atoms with van der Waals surface area (Å²) in [5.74, 6) is -0.115. The van der Waals surface area contributed by atoms with Gasteiger partial charge in [-0.1, -0.05) is 6.92 Å². The van der Waals surface area contributed by atoms with Gasteiger partial charge in [0.2, 0.25) is 0 Å². The number of halogens is 1. The Kier molecular flexibility index (Phi) is 2.36. The van der Waals surface area contributed by atoms with Crippen LogP contribution in [0.1, 0.15) is 12.7 Å². The second-order valence-corrected chi connectivity index (χ2v) is 2.04. The molecule has 0 radical (unpaired) electrons. The Bertz CT molecular complexity index is 236. The fourth-order valence-electron chi connectivity index (χ4n) is 0.571. The van der Waals surface area contributed by atoms with Gasteiger partial charge in [-0.2, -0.15) is 0 Å². The molecule has 1 heterocycles. The molecule has 0 saturated heterocycles. The molecule has 0 aliphatic rings. The molecule has 0 amide bonds. The van der Waals surface area contributed by atoms with E-state index in [1.807, 2.05) is 6.92 Å². The molecular weight excluding hydrogens is 251 g/mol. The highest BCUT2D eigenvalue weighted by Gasteiger charge is 2.10. The van der Waals surface area contributed by atoms with Crippen LogP contribution >= 0.6 is 23.0 Å². The summed E-state index contributed by atoms with van der Waals surface area (Å²) in [5, 5.41) is 0. The number of hydrogen-bond acceptors (Lipinski definition) is 4. The summed E-state index contributed by atoms with van der Waals surface area (Å²) in [6.07, 6.45) is 0.587. The molecule has 5 heteroatoms. The van der Waals surface area contributed by atoms with E-state index in [1.165, 1.54) is 0 Å². The lowest BCUT2D eigenvalue weighted by atomic mass is 10.4. The van der Waals surface area contributed by atoms with Crippen molar-refractivity contribution in [2.45, 2.75) is 13.3 Å². The van der Waals surface area contributed by atoms with Crippen LogP contribution in [-0.4, -0.2) is 0 Å². The number of aryl methyl sites for hydroxylation is 1. The molecule has 0 N–H and O–H groups in total. The van der Waals surface area contributed by atoms with Gasteiger partial charge in [-0.15, -0.1) is 0 Å². The van der Waals surface area contributed by atoms with Crippen molar-refractivity contribution in [2.24, 2.45) is 0 Å². The third-order valence-corrected chi connectivity index (χ3v) is 1.40. The van der Waals surface area contributed by atoms with Crippen molar-refractivity contribution in [1.82, 2.24) is 0 Å². The van der Waals surface area contributed by atoms with Gasteiger partial charge in [-0.05, 0) is 0 Å². The maximum absolute atomic E-state index is 10.4. The Balaban J connectivity index is 3.08. The molecule has 0 fully saturated rings. The number of hydrogen-bond donors (Lipinski definition) is 0. The molecule has 1 aromatic heterocycles. The van der Waals surface area contributed by atoms with Crippen molar-refractivity contribution in [1.29, 1.82) is 0 Å². The molecule has 0 spiro atoms. The van der Waals surface area contributed by atoms with Crippen LogP contribution in [0.3, 0.4) is 0 Å². The summed E-state index contributed by atoms with van der Waals surface area (Å²) in [7, 11) is 0. The van der Waals surface area contributed by atoms with E-state index in [1.54, 1.807) is 23.0 Å². The summed E-state index contributed by atoms with van der Waals surface area (Å²) < 4.78 is 13.8. The van der Waals surface area contributed by atoms with Gasteiger partial charge in [0, 0.05) is 6.42 Å². The van der Waals surface area contributed by atoms with Crippen LogP contribution in [0.4, 0.5) is 0 Å². The van der Waals surface area contributed by atoms with Crippen molar-refractivity contribution in [3.05, 3.63) is 16.4 Å². The molecule has 4 nitrogen and oxygen atoms in total.